The zero-order valence-corrected chi connectivity index (χ0v) is 15.1. The lowest BCUT2D eigenvalue weighted by molar-refractivity contribution is 0.118. The highest BCUT2D eigenvalue weighted by atomic mass is 16.5. The molecule has 2 heterocycles. The molecule has 3 fully saturated rings. The maximum Gasteiger partial charge on any atom is 0.317 e. The Labute approximate surface area is 150 Å². The molecule has 2 aliphatic heterocycles. The molecule has 5 nitrogen and oxygen atoms in total. The van der Waals surface area contributed by atoms with Gasteiger partial charge in [0.05, 0.1) is 6.10 Å². The number of nitrogens with one attached hydrogen (secondary N) is 1. The summed E-state index contributed by atoms with van der Waals surface area (Å²) >= 11 is 0. The van der Waals surface area contributed by atoms with Crippen molar-refractivity contribution in [2.45, 2.75) is 50.8 Å². The fourth-order valence-electron chi connectivity index (χ4n) is 4.26. The van der Waals surface area contributed by atoms with Crippen LogP contribution in [0, 0.1) is 5.92 Å². The zero-order valence-electron chi connectivity index (χ0n) is 15.1. The maximum absolute atomic E-state index is 12.7. The summed E-state index contributed by atoms with van der Waals surface area (Å²) in [5.74, 6) is 1.60. The van der Waals surface area contributed by atoms with Gasteiger partial charge in [0.2, 0.25) is 0 Å². The van der Waals surface area contributed by atoms with Crippen LogP contribution in [-0.4, -0.2) is 54.7 Å². The first-order valence-electron chi connectivity index (χ1n) is 9.68. The van der Waals surface area contributed by atoms with Gasteiger partial charge in [-0.1, -0.05) is 18.2 Å². The largest absolute Gasteiger partial charge is 0.490 e. The van der Waals surface area contributed by atoms with E-state index < -0.39 is 0 Å². The summed E-state index contributed by atoms with van der Waals surface area (Å²) in [6.07, 6.45) is 6.26. The van der Waals surface area contributed by atoms with Gasteiger partial charge in [0.15, 0.2) is 0 Å². The van der Waals surface area contributed by atoms with Gasteiger partial charge in [-0.3, -0.25) is 0 Å². The number of hydrogen-bond acceptors (Lipinski definition) is 3. The molecule has 1 saturated carbocycles. The second-order valence-corrected chi connectivity index (χ2v) is 7.80. The van der Waals surface area contributed by atoms with Gasteiger partial charge >= 0.3 is 6.03 Å². The van der Waals surface area contributed by atoms with Crippen molar-refractivity contribution in [2.24, 2.45) is 5.92 Å². The number of benzene rings is 1. The van der Waals surface area contributed by atoms with E-state index in [2.05, 4.69) is 28.2 Å². The van der Waals surface area contributed by atoms with Gasteiger partial charge in [-0.15, -0.1) is 0 Å². The number of nitrogens with zero attached hydrogens (tertiary/aromatic N) is 2. The first-order valence-corrected chi connectivity index (χ1v) is 9.68. The minimum absolute atomic E-state index is 0.0706. The van der Waals surface area contributed by atoms with E-state index >= 15 is 0 Å². The van der Waals surface area contributed by atoms with Crippen LogP contribution >= 0.6 is 0 Å². The van der Waals surface area contributed by atoms with Crippen molar-refractivity contribution in [3.8, 4) is 5.75 Å². The molecule has 25 heavy (non-hydrogen) atoms. The summed E-state index contributed by atoms with van der Waals surface area (Å²) in [7, 11) is 2.15. The molecule has 0 aromatic heterocycles. The number of likely N-dealkylation sites (tertiary alicyclic amines) is 2. The van der Waals surface area contributed by atoms with E-state index in [1.165, 1.54) is 12.8 Å². The molecular weight excluding hydrogens is 314 g/mol. The Morgan fingerprint density at radius 3 is 2.80 bits per heavy atom. The molecule has 2 saturated heterocycles. The number of piperidine rings is 1. The van der Waals surface area contributed by atoms with Crippen molar-refractivity contribution >= 4 is 6.03 Å². The maximum atomic E-state index is 12.7. The number of carbonyl (C=O) groups is 1. The van der Waals surface area contributed by atoms with Crippen molar-refractivity contribution < 1.29 is 9.53 Å². The highest BCUT2D eigenvalue weighted by Crippen LogP contribution is 2.31. The summed E-state index contributed by atoms with van der Waals surface area (Å²) in [6, 6.07) is 8.53. The van der Waals surface area contributed by atoms with Crippen molar-refractivity contribution in [3.63, 3.8) is 0 Å². The molecule has 0 spiro atoms. The van der Waals surface area contributed by atoms with Gasteiger partial charge < -0.3 is 19.9 Å². The monoisotopic (exact) mass is 343 g/mol. The van der Waals surface area contributed by atoms with Gasteiger partial charge in [0, 0.05) is 31.2 Å². The Hall–Kier alpha value is -1.75. The van der Waals surface area contributed by atoms with E-state index in [1.807, 2.05) is 18.2 Å². The Bertz CT molecular complexity index is 617. The van der Waals surface area contributed by atoms with Gasteiger partial charge in [-0.2, -0.15) is 0 Å². The summed E-state index contributed by atoms with van der Waals surface area (Å²) in [5, 5.41) is 3.13. The topological polar surface area (TPSA) is 44.8 Å². The number of carbonyl (C=O) groups excluding carboxylic acids is 1. The molecule has 1 N–H and O–H groups in total. The smallest absolute Gasteiger partial charge is 0.317 e. The molecule has 0 bridgehead atoms. The lowest BCUT2D eigenvalue weighted by atomic mass is 9.92. The minimum Gasteiger partial charge on any atom is -0.490 e. The number of fused-ring (bicyclic) bond motifs is 1. The number of para-hydroxylation sites is 1. The average Bonchev–Trinajstić information content (AvgIpc) is 3.00. The number of rotatable bonds is 4. The van der Waals surface area contributed by atoms with Crippen molar-refractivity contribution in [2.75, 3.05) is 26.7 Å². The number of hydrogen-bond donors (Lipinski definition) is 1. The van der Waals surface area contributed by atoms with E-state index in [9.17, 15) is 4.79 Å². The van der Waals surface area contributed by atoms with Crippen LogP contribution in [0.3, 0.4) is 0 Å². The van der Waals surface area contributed by atoms with Crippen LogP contribution in [0.5, 0.6) is 5.75 Å². The second kappa shape index (κ2) is 7.24. The molecule has 2 amide bonds. The summed E-state index contributed by atoms with van der Waals surface area (Å²) in [5.41, 5.74) is 1.07. The third-order valence-corrected chi connectivity index (χ3v) is 6.07. The summed E-state index contributed by atoms with van der Waals surface area (Å²) in [4.78, 5) is 17.1. The highest BCUT2D eigenvalue weighted by Gasteiger charge is 2.39. The third-order valence-electron chi connectivity index (χ3n) is 6.07. The van der Waals surface area contributed by atoms with Gasteiger partial charge in [-0.05, 0) is 57.7 Å². The standard InChI is InChI=1S/C20H29N3O2/c1-22-11-9-15-10-12-23(18(15)14-22)20(24)21-13-16-5-2-3-8-19(16)25-17-6-4-7-17/h2-3,5,8,15,17-18H,4,6-7,9-14H2,1H3,(H,21,24)/t15-,18-/m1/s1. The van der Waals surface area contributed by atoms with Crippen LogP contribution < -0.4 is 10.1 Å². The molecule has 4 rings (SSSR count). The predicted molar refractivity (Wildman–Crippen MR) is 97.7 cm³/mol. The molecule has 2 atom stereocenters. The number of amides is 2. The zero-order chi connectivity index (χ0) is 17.2. The highest BCUT2D eigenvalue weighted by molar-refractivity contribution is 5.75. The molecular formula is C20H29N3O2. The summed E-state index contributed by atoms with van der Waals surface area (Å²) < 4.78 is 6.07. The first kappa shape index (κ1) is 16.7. The lowest BCUT2D eigenvalue weighted by Crippen LogP contribution is -2.51. The number of urea groups is 1. The Balaban J connectivity index is 1.36. The SMILES string of the molecule is CN1CC[C@@H]2CCN(C(=O)NCc3ccccc3OC3CCC3)[C@@H]2C1. The Kier molecular flexibility index (Phi) is 4.84. The normalized spacial score (nSPS) is 26.8. The fourth-order valence-corrected chi connectivity index (χ4v) is 4.26. The molecule has 5 heteroatoms. The first-order chi connectivity index (χ1) is 12.2. The molecule has 0 unspecified atom stereocenters. The van der Waals surface area contributed by atoms with E-state index in [0.29, 0.717) is 24.6 Å². The fraction of sp³-hybridized carbons (Fsp3) is 0.650. The Morgan fingerprint density at radius 2 is 2.00 bits per heavy atom. The van der Waals surface area contributed by atoms with E-state index in [0.717, 1.165) is 50.2 Å². The lowest BCUT2D eigenvalue weighted by Gasteiger charge is -2.36. The van der Waals surface area contributed by atoms with Gasteiger partial charge in [0.25, 0.3) is 0 Å². The van der Waals surface area contributed by atoms with Crippen LogP contribution in [0.2, 0.25) is 0 Å². The van der Waals surface area contributed by atoms with E-state index in [4.69, 9.17) is 4.74 Å². The van der Waals surface area contributed by atoms with Gasteiger partial charge in [-0.25, -0.2) is 4.79 Å². The molecule has 1 aromatic carbocycles. The van der Waals surface area contributed by atoms with E-state index in [1.54, 1.807) is 0 Å². The second-order valence-electron chi connectivity index (χ2n) is 7.80. The molecule has 136 valence electrons. The van der Waals surface area contributed by atoms with Crippen LogP contribution in [0.4, 0.5) is 4.79 Å². The van der Waals surface area contributed by atoms with Crippen LogP contribution in [0.1, 0.15) is 37.7 Å². The molecule has 3 aliphatic rings. The predicted octanol–water partition coefficient (Wildman–Crippen LogP) is 2.85. The van der Waals surface area contributed by atoms with Crippen LogP contribution in [0.25, 0.3) is 0 Å². The van der Waals surface area contributed by atoms with Crippen molar-refractivity contribution in [3.05, 3.63) is 29.8 Å². The molecule has 1 aromatic rings. The van der Waals surface area contributed by atoms with Crippen molar-refractivity contribution in [1.82, 2.24) is 15.1 Å². The summed E-state index contributed by atoms with van der Waals surface area (Å²) in [6.45, 7) is 3.57. The van der Waals surface area contributed by atoms with Gasteiger partial charge in [0.1, 0.15) is 5.75 Å². The van der Waals surface area contributed by atoms with Crippen molar-refractivity contribution in [1.29, 1.82) is 0 Å². The molecule has 0 radical (unpaired) electrons. The third kappa shape index (κ3) is 3.61. The number of ether oxygens (including phenoxy) is 1. The molecule has 1 aliphatic carbocycles. The van der Waals surface area contributed by atoms with Crippen LogP contribution in [-0.2, 0) is 6.54 Å². The van der Waals surface area contributed by atoms with Crippen LogP contribution in [0.15, 0.2) is 24.3 Å². The quantitative estimate of drug-likeness (QED) is 0.914. The number of likely N-dealkylation sites (N-methyl/N-ethyl adjacent to an activating group) is 1. The van der Waals surface area contributed by atoms with E-state index in [-0.39, 0.29) is 6.03 Å². The average molecular weight is 343 g/mol. The Morgan fingerprint density at radius 1 is 1.20 bits per heavy atom. The minimum atomic E-state index is 0.0706.